The molecular formula is C23H28N2O3. The van der Waals surface area contributed by atoms with Gasteiger partial charge in [-0.3, -0.25) is 9.59 Å². The van der Waals surface area contributed by atoms with Crippen molar-refractivity contribution in [3.63, 3.8) is 0 Å². The van der Waals surface area contributed by atoms with E-state index in [-0.39, 0.29) is 17.9 Å². The van der Waals surface area contributed by atoms with Crippen molar-refractivity contribution in [2.24, 2.45) is 0 Å². The van der Waals surface area contributed by atoms with Crippen LogP contribution in [0, 0.1) is 6.92 Å². The first-order chi connectivity index (χ1) is 13.6. The third-order valence-electron chi connectivity index (χ3n) is 5.20. The molecule has 0 spiro atoms. The second kappa shape index (κ2) is 9.40. The van der Waals surface area contributed by atoms with Crippen LogP contribution in [0.5, 0.6) is 5.75 Å². The molecule has 2 aromatic rings. The van der Waals surface area contributed by atoms with E-state index >= 15 is 0 Å². The molecule has 0 heterocycles. The van der Waals surface area contributed by atoms with Crippen molar-refractivity contribution in [3.8, 4) is 5.75 Å². The van der Waals surface area contributed by atoms with Gasteiger partial charge in [0.25, 0.3) is 11.8 Å². The van der Waals surface area contributed by atoms with Gasteiger partial charge in [-0.05, 0) is 61.7 Å². The first-order valence-corrected chi connectivity index (χ1v) is 9.94. The summed E-state index contributed by atoms with van der Waals surface area (Å²) < 4.78 is 5.30. The fourth-order valence-corrected chi connectivity index (χ4v) is 3.58. The van der Waals surface area contributed by atoms with Gasteiger partial charge >= 0.3 is 0 Å². The van der Waals surface area contributed by atoms with Crippen molar-refractivity contribution < 1.29 is 14.3 Å². The van der Waals surface area contributed by atoms with Crippen molar-refractivity contribution in [3.05, 3.63) is 59.2 Å². The number of ether oxygens (including phenoxy) is 1. The molecule has 1 fully saturated rings. The van der Waals surface area contributed by atoms with Crippen LogP contribution in [0.2, 0.25) is 0 Å². The second-order valence-electron chi connectivity index (χ2n) is 7.40. The number of carbonyl (C=O) groups is 2. The van der Waals surface area contributed by atoms with E-state index in [2.05, 4.69) is 10.6 Å². The van der Waals surface area contributed by atoms with Gasteiger partial charge in [-0.25, -0.2) is 0 Å². The van der Waals surface area contributed by atoms with E-state index in [1.165, 1.54) is 25.7 Å². The zero-order valence-electron chi connectivity index (χ0n) is 16.6. The van der Waals surface area contributed by atoms with Gasteiger partial charge in [0, 0.05) is 17.2 Å². The van der Waals surface area contributed by atoms with Crippen molar-refractivity contribution in [2.75, 3.05) is 12.4 Å². The van der Waals surface area contributed by atoms with Gasteiger partial charge in [-0.2, -0.15) is 0 Å². The highest BCUT2D eigenvalue weighted by molar-refractivity contribution is 6.05. The first kappa shape index (κ1) is 19.9. The van der Waals surface area contributed by atoms with Crippen LogP contribution in [0.25, 0.3) is 0 Å². The second-order valence-corrected chi connectivity index (χ2v) is 7.40. The topological polar surface area (TPSA) is 67.4 Å². The molecule has 148 valence electrons. The lowest BCUT2D eigenvalue weighted by molar-refractivity contribution is 0.0932. The molecule has 0 bridgehead atoms. The Morgan fingerprint density at radius 3 is 2.11 bits per heavy atom. The van der Waals surface area contributed by atoms with Crippen LogP contribution in [0.3, 0.4) is 0 Å². The third-order valence-corrected chi connectivity index (χ3v) is 5.20. The smallest absolute Gasteiger partial charge is 0.255 e. The number of hydrogen-bond donors (Lipinski definition) is 2. The van der Waals surface area contributed by atoms with Crippen molar-refractivity contribution in [2.45, 2.75) is 51.5 Å². The molecule has 1 saturated carbocycles. The predicted octanol–water partition coefficient (Wildman–Crippen LogP) is 4.71. The highest BCUT2D eigenvalue weighted by Crippen LogP contribution is 2.25. The standard InChI is InChI=1S/C23H28N2O3/c1-16-9-14-21(28-2)20(15-16)25-23(27)18-12-10-17(11-13-18)22(26)24-19-7-5-3-4-6-8-19/h9-15,19H,3-8H2,1-2H3,(H,24,26)(H,25,27). The number of hydrogen-bond acceptors (Lipinski definition) is 3. The number of aryl methyl sites for hydroxylation is 1. The fourth-order valence-electron chi connectivity index (χ4n) is 3.58. The maximum atomic E-state index is 12.6. The minimum absolute atomic E-state index is 0.0702. The fraction of sp³-hybridized carbons (Fsp3) is 0.391. The van der Waals surface area contributed by atoms with E-state index in [1.807, 2.05) is 25.1 Å². The Morgan fingerprint density at radius 1 is 0.893 bits per heavy atom. The Hall–Kier alpha value is -2.82. The lowest BCUT2D eigenvalue weighted by Gasteiger charge is -2.16. The number of methoxy groups -OCH3 is 1. The zero-order valence-corrected chi connectivity index (χ0v) is 16.6. The van der Waals surface area contributed by atoms with Crippen LogP contribution in [0.1, 0.15) is 64.8 Å². The molecule has 1 aliphatic rings. The number of rotatable bonds is 5. The summed E-state index contributed by atoms with van der Waals surface area (Å²) in [7, 11) is 1.57. The molecule has 3 rings (SSSR count). The van der Waals surface area contributed by atoms with Gasteiger partial charge in [-0.15, -0.1) is 0 Å². The Morgan fingerprint density at radius 2 is 1.50 bits per heavy atom. The molecule has 1 aliphatic carbocycles. The summed E-state index contributed by atoms with van der Waals surface area (Å²) in [6.07, 6.45) is 6.94. The van der Waals surface area contributed by atoms with Crippen LogP contribution >= 0.6 is 0 Å². The molecule has 0 unspecified atom stereocenters. The van der Waals surface area contributed by atoms with E-state index in [9.17, 15) is 9.59 Å². The minimum Gasteiger partial charge on any atom is -0.495 e. The van der Waals surface area contributed by atoms with Gasteiger partial charge in [-0.1, -0.05) is 31.7 Å². The molecule has 2 amide bonds. The monoisotopic (exact) mass is 380 g/mol. The number of amides is 2. The molecule has 5 heteroatoms. The lowest BCUT2D eigenvalue weighted by Crippen LogP contribution is -2.34. The number of benzene rings is 2. The van der Waals surface area contributed by atoms with Crippen LogP contribution in [-0.4, -0.2) is 25.0 Å². The number of nitrogens with one attached hydrogen (secondary N) is 2. The van der Waals surface area contributed by atoms with Gasteiger partial charge < -0.3 is 15.4 Å². The third kappa shape index (κ3) is 5.12. The van der Waals surface area contributed by atoms with Crippen molar-refractivity contribution >= 4 is 17.5 Å². The molecule has 2 N–H and O–H groups in total. The van der Waals surface area contributed by atoms with Gasteiger partial charge in [0.2, 0.25) is 0 Å². The molecule has 0 saturated heterocycles. The normalized spacial score (nSPS) is 14.8. The summed E-state index contributed by atoms with van der Waals surface area (Å²) in [6.45, 7) is 1.96. The average Bonchev–Trinajstić information content (AvgIpc) is 2.97. The average molecular weight is 380 g/mol. The van der Waals surface area contributed by atoms with Crippen molar-refractivity contribution in [1.29, 1.82) is 0 Å². The van der Waals surface area contributed by atoms with Gasteiger partial charge in [0.15, 0.2) is 0 Å². The van der Waals surface area contributed by atoms with Crippen LogP contribution in [0.4, 0.5) is 5.69 Å². The van der Waals surface area contributed by atoms with E-state index in [0.717, 1.165) is 18.4 Å². The molecule has 0 atom stereocenters. The SMILES string of the molecule is COc1ccc(C)cc1NC(=O)c1ccc(C(=O)NC2CCCCCC2)cc1. The Kier molecular flexibility index (Phi) is 6.69. The van der Waals surface area contributed by atoms with E-state index in [0.29, 0.717) is 22.6 Å². The molecule has 0 aliphatic heterocycles. The maximum Gasteiger partial charge on any atom is 0.255 e. The van der Waals surface area contributed by atoms with E-state index in [4.69, 9.17) is 4.74 Å². The van der Waals surface area contributed by atoms with E-state index < -0.39 is 0 Å². The Labute approximate surface area is 166 Å². The van der Waals surface area contributed by atoms with Crippen LogP contribution in [-0.2, 0) is 0 Å². The Bertz CT molecular complexity index is 822. The number of anilines is 1. The molecule has 2 aromatic carbocycles. The summed E-state index contributed by atoms with van der Waals surface area (Å²) >= 11 is 0. The quantitative estimate of drug-likeness (QED) is 0.738. The summed E-state index contributed by atoms with van der Waals surface area (Å²) in [4.78, 5) is 25.1. The van der Waals surface area contributed by atoms with Gasteiger partial charge in [0.1, 0.15) is 5.75 Å². The highest BCUT2D eigenvalue weighted by atomic mass is 16.5. The first-order valence-electron chi connectivity index (χ1n) is 9.94. The highest BCUT2D eigenvalue weighted by Gasteiger charge is 2.16. The Balaban J connectivity index is 1.64. The van der Waals surface area contributed by atoms with Crippen LogP contribution < -0.4 is 15.4 Å². The largest absolute Gasteiger partial charge is 0.495 e. The van der Waals surface area contributed by atoms with Gasteiger partial charge in [0.05, 0.1) is 12.8 Å². The molecular weight excluding hydrogens is 352 g/mol. The zero-order chi connectivity index (χ0) is 19.9. The molecule has 5 nitrogen and oxygen atoms in total. The molecule has 0 aromatic heterocycles. The molecule has 0 radical (unpaired) electrons. The summed E-state index contributed by atoms with van der Waals surface area (Å²) in [5.41, 5.74) is 2.73. The van der Waals surface area contributed by atoms with Crippen LogP contribution in [0.15, 0.2) is 42.5 Å². The summed E-state index contributed by atoms with van der Waals surface area (Å²) in [5, 5.41) is 6.00. The summed E-state index contributed by atoms with van der Waals surface area (Å²) in [5.74, 6) is 0.303. The minimum atomic E-state index is -0.236. The molecule has 28 heavy (non-hydrogen) atoms. The maximum absolute atomic E-state index is 12.6. The number of carbonyl (C=O) groups excluding carboxylic acids is 2. The predicted molar refractivity (Wildman–Crippen MR) is 111 cm³/mol. The van der Waals surface area contributed by atoms with Crippen molar-refractivity contribution in [1.82, 2.24) is 5.32 Å². The lowest BCUT2D eigenvalue weighted by atomic mass is 10.1. The summed E-state index contributed by atoms with van der Waals surface area (Å²) in [6, 6.07) is 12.6. The van der Waals surface area contributed by atoms with E-state index in [1.54, 1.807) is 31.4 Å².